The third kappa shape index (κ3) is 4.46. The van der Waals surface area contributed by atoms with E-state index in [0.717, 1.165) is 29.8 Å². The number of hydrogen-bond donors (Lipinski definition) is 2. The van der Waals surface area contributed by atoms with Crippen LogP contribution in [0.25, 0.3) is 0 Å². The van der Waals surface area contributed by atoms with E-state index in [2.05, 4.69) is 27.5 Å². The van der Waals surface area contributed by atoms with E-state index in [-0.39, 0.29) is 35.9 Å². The fraction of sp³-hybridized carbons (Fsp3) is 0.500. The zero-order valence-corrected chi connectivity index (χ0v) is 19.1. The van der Waals surface area contributed by atoms with Gasteiger partial charge in [-0.3, -0.25) is 9.59 Å². The molecule has 0 radical (unpaired) electrons. The van der Waals surface area contributed by atoms with Crippen molar-refractivity contribution in [2.45, 2.75) is 58.7 Å². The molecule has 32 heavy (non-hydrogen) atoms. The number of nitrogens with one attached hydrogen (secondary N) is 2. The molecule has 170 valence electrons. The average molecular weight is 438 g/mol. The van der Waals surface area contributed by atoms with E-state index in [1.54, 1.807) is 19.2 Å². The number of nitrogens with zero attached hydrogens (tertiary/aromatic N) is 3. The average Bonchev–Trinajstić information content (AvgIpc) is 2.77. The number of anilines is 2. The van der Waals surface area contributed by atoms with Crippen molar-refractivity contribution in [2.24, 2.45) is 5.92 Å². The molecule has 2 amide bonds. The molecule has 0 spiro atoms. The quantitative estimate of drug-likeness (QED) is 0.762. The molecule has 0 unspecified atom stereocenters. The van der Waals surface area contributed by atoms with Gasteiger partial charge in [0.15, 0.2) is 0 Å². The molecule has 4 rings (SSSR count). The van der Waals surface area contributed by atoms with Gasteiger partial charge in [-0.2, -0.15) is 0 Å². The topological polar surface area (TPSA) is 96.5 Å². The van der Waals surface area contributed by atoms with Crippen molar-refractivity contribution in [3.63, 3.8) is 0 Å². The molecule has 0 aliphatic carbocycles. The first kappa shape index (κ1) is 22.2. The first-order valence-electron chi connectivity index (χ1n) is 11.2. The van der Waals surface area contributed by atoms with Gasteiger partial charge in [-0.05, 0) is 56.5 Å². The van der Waals surface area contributed by atoms with Crippen molar-refractivity contribution >= 4 is 23.5 Å². The van der Waals surface area contributed by atoms with Crippen molar-refractivity contribution in [2.75, 3.05) is 23.4 Å². The Bertz CT molecular complexity index is 1000. The monoisotopic (exact) mass is 437 g/mol. The van der Waals surface area contributed by atoms with Gasteiger partial charge < -0.3 is 20.3 Å². The van der Waals surface area contributed by atoms with Gasteiger partial charge in [0.25, 0.3) is 5.91 Å². The van der Waals surface area contributed by atoms with Crippen molar-refractivity contribution < 1.29 is 14.3 Å². The van der Waals surface area contributed by atoms with Crippen LogP contribution in [0, 0.1) is 12.8 Å². The van der Waals surface area contributed by atoms with E-state index in [1.165, 1.54) is 0 Å². The minimum atomic E-state index is -0.145. The molecular weight excluding hydrogens is 406 g/mol. The van der Waals surface area contributed by atoms with Crippen LogP contribution in [0.2, 0.25) is 0 Å². The van der Waals surface area contributed by atoms with Crippen LogP contribution in [0.5, 0.6) is 0 Å². The lowest BCUT2D eigenvalue weighted by Gasteiger charge is -2.44. The molecular formula is C24H31N5O3. The molecule has 2 aliphatic heterocycles. The Kier molecular flexibility index (Phi) is 6.41. The lowest BCUT2D eigenvalue weighted by Crippen LogP contribution is -2.48. The molecule has 1 aromatic carbocycles. The second-order valence-electron chi connectivity index (χ2n) is 8.77. The van der Waals surface area contributed by atoms with Crippen LogP contribution in [0.4, 0.5) is 11.6 Å². The summed E-state index contributed by atoms with van der Waals surface area (Å²) in [5.74, 6) is 0.485. The normalized spacial score (nSPS) is 23.4. The summed E-state index contributed by atoms with van der Waals surface area (Å²) in [5.41, 5.74) is 3.16. The van der Waals surface area contributed by atoms with Crippen LogP contribution in [0.15, 0.2) is 30.5 Å². The van der Waals surface area contributed by atoms with E-state index >= 15 is 0 Å². The minimum absolute atomic E-state index is 0.0183. The summed E-state index contributed by atoms with van der Waals surface area (Å²) in [6, 6.07) is 7.38. The maximum absolute atomic E-state index is 13.0. The molecule has 0 bridgehead atoms. The van der Waals surface area contributed by atoms with Gasteiger partial charge >= 0.3 is 0 Å². The van der Waals surface area contributed by atoms with Crippen molar-refractivity contribution in [3.8, 4) is 0 Å². The second-order valence-corrected chi connectivity index (χ2v) is 8.77. The standard InChI is InChI=1S/C24H31N5O3/c1-14-7-10-25-24(26-14)28-22-15(2)16(3)29(17(4)30)21-6-5-18(13-20(21)22)23(31)27-19-8-11-32-12-9-19/h5-7,10,13,15-16,19,22H,8-9,11-12H2,1-4H3,(H,27,31)(H,25,26,28)/t15-,16-,22+/m0/s1. The van der Waals surface area contributed by atoms with E-state index in [0.29, 0.717) is 24.7 Å². The van der Waals surface area contributed by atoms with Crippen LogP contribution in [-0.4, -0.2) is 47.1 Å². The molecule has 2 aromatic rings. The Labute approximate surface area is 188 Å². The summed E-state index contributed by atoms with van der Waals surface area (Å²) in [7, 11) is 0. The summed E-state index contributed by atoms with van der Waals surface area (Å²) in [6.07, 6.45) is 3.36. The van der Waals surface area contributed by atoms with Crippen molar-refractivity contribution in [1.29, 1.82) is 0 Å². The summed E-state index contributed by atoms with van der Waals surface area (Å²) in [6.45, 7) is 8.99. The summed E-state index contributed by atoms with van der Waals surface area (Å²) >= 11 is 0. The van der Waals surface area contributed by atoms with Gasteiger partial charge in [0.1, 0.15) is 0 Å². The fourth-order valence-corrected chi connectivity index (χ4v) is 4.61. The number of hydrogen-bond acceptors (Lipinski definition) is 6. The van der Waals surface area contributed by atoms with Crippen LogP contribution in [0.1, 0.15) is 61.3 Å². The fourth-order valence-electron chi connectivity index (χ4n) is 4.61. The first-order valence-corrected chi connectivity index (χ1v) is 11.2. The SMILES string of the molecule is CC(=O)N1c2ccc(C(=O)NC3CCOCC3)cc2[C@H](Nc2nccc(C)n2)[C@@H](C)[C@@H]1C. The van der Waals surface area contributed by atoms with E-state index in [1.807, 2.05) is 36.9 Å². The van der Waals surface area contributed by atoms with Crippen LogP contribution in [-0.2, 0) is 9.53 Å². The van der Waals surface area contributed by atoms with Gasteiger partial charge in [0.05, 0.1) is 6.04 Å². The van der Waals surface area contributed by atoms with Crippen molar-refractivity contribution in [3.05, 3.63) is 47.3 Å². The third-order valence-corrected chi connectivity index (χ3v) is 6.55. The summed E-state index contributed by atoms with van der Waals surface area (Å²) in [4.78, 5) is 36.2. The Morgan fingerprint density at radius 3 is 2.59 bits per heavy atom. The van der Waals surface area contributed by atoms with Gasteiger partial charge in [-0.1, -0.05) is 6.92 Å². The molecule has 2 aliphatic rings. The molecule has 1 aromatic heterocycles. The molecule has 1 fully saturated rings. The van der Waals surface area contributed by atoms with E-state index in [9.17, 15) is 9.59 Å². The number of aryl methyl sites for hydroxylation is 1. The highest BCUT2D eigenvalue weighted by Crippen LogP contribution is 2.42. The van der Waals surface area contributed by atoms with Crippen LogP contribution < -0.4 is 15.5 Å². The number of carbonyl (C=O) groups is 2. The molecule has 8 heteroatoms. The third-order valence-electron chi connectivity index (χ3n) is 6.55. The highest BCUT2D eigenvalue weighted by Gasteiger charge is 2.39. The van der Waals surface area contributed by atoms with Gasteiger partial charge in [0.2, 0.25) is 11.9 Å². The number of benzene rings is 1. The molecule has 3 atom stereocenters. The zero-order chi connectivity index (χ0) is 22.8. The minimum Gasteiger partial charge on any atom is -0.381 e. The number of ether oxygens (including phenoxy) is 1. The lowest BCUT2D eigenvalue weighted by molar-refractivity contribution is -0.117. The van der Waals surface area contributed by atoms with Crippen LogP contribution in [0.3, 0.4) is 0 Å². The van der Waals surface area contributed by atoms with Gasteiger partial charge in [-0.15, -0.1) is 0 Å². The Hall–Kier alpha value is -3.00. The largest absolute Gasteiger partial charge is 0.381 e. The summed E-state index contributed by atoms with van der Waals surface area (Å²) < 4.78 is 5.39. The van der Waals surface area contributed by atoms with Crippen molar-refractivity contribution in [1.82, 2.24) is 15.3 Å². The van der Waals surface area contributed by atoms with Gasteiger partial charge in [-0.25, -0.2) is 9.97 Å². The molecule has 8 nitrogen and oxygen atoms in total. The second kappa shape index (κ2) is 9.24. The number of aromatic nitrogens is 2. The van der Waals surface area contributed by atoms with E-state index < -0.39 is 0 Å². The Balaban J connectivity index is 1.69. The van der Waals surface area contributed by atoms with Gasteiger partial charge in [0, 0.05) is 61.3 Å². The number of amides is 2. The predicted octanol–water partition coefficient (Wildman–Crippen LogP) is 3.24. The lowest BCUT2D eigenvalue weighted by atomic mass is 9.82. The Morgan fingerprint density at radius 1 is 1.16 bits per heavy atom. The molecule has 1 saturated heterocycles. The predicted molar refractivity (Wildman–Crippen MR) is 123 cm³/mol. The highest BCUT2D eigenvalue weighted by molar-refractivity contribution is 5.98. The molecule has 3 heterocycles. The smallest absolute Gasteiger partial charge is 0.251 e. The maximum Gasteiger partial charge on any atom is 0.251 e. The zero-order valence-electron chi connectivity index (χ0n) is 19.1. The summed E-state index contributed by atoms with van der Waals surface area (Å²) in [5, 5.41) is 6.58. The molecule has 0 saturated carbocycles. The highest BCUT2D eigenvalue weighted by atomic mass is 16.5. The maximum atomic E-state index is 13.0. The van der Waals surface area contributed by atoms with Crippen LogP contribution >= 0.6 is 0 Å². The molecule has 2 N–H and O–H groups in total. The number of carbonyl (C=O) groups excluding carboxylic acids is 2. The number of fused-ring (bicyclic) bond motifs is 1. The van der Waals surface area contributed by atoms with E-state index in [4.69, 9.17) is 4.74 Å². The Morgan fingerprint density at radius 2 is 1.91 bits per heavy atom. The first-order chi connectivity index (χ1) is 15.3. The number of rotatable bonds is 4.